The molecule has 1 rings (SSSR count). The summed E-state index contributed by atoms with van der Waals surface area (Å²) in [4.78, 5) is 8.00. The first-order chi connectivity index (χ1) is 6.72. The Morgan fingerprint density at radius 3 is 3.00 bits per heavy atom. The highest BCUT2D eigenvalue weighted by atomic mass is 16.5. The third-order valence-electron chi connectivity index (χ3n) is 1.74. The molecule has 0 saturated heterocycles. The predicted molar refractivity (Wildman–Crippen MR) is 56.0 cm³/mol. The van der Waals surface area contributed by atoms with Crippen LogP contribution in [-0.4, -0.2) is 30.2 Å². The second-order valence-electron chi connectivity index (χ2n) is 3.27. The number of hydrogen-bond acceptors (Lipinski definition) is 5. The first-order valence-electron chi connectivity index (χ1n) is 4.52. The summed E-state index contributed by atoms with van der Waals surface area (Å²) in [5.74, 6) is 1.56. The van der Waals surface area contributed by atoms with Gasteiger partial charge < -0.3 is 15.8 Å². The van der Waals surface area contributed by atoms with Crippen molar-refractivity contribution in [1.82, 2.24) is 9.97 Å². The fourth-order valence-corrected chi connectivity index (χ4v) is 1.09. The molecular weight excluding hydrogens is 180 g/mol. The molecule has 1 aromatic heterocycles. The molecule has 0 radical (unpaired) electrons. The Morgan fingerprint density at radius 2 is 2.36 bits per heavy atom. The van der Waals surface area contributed by atoms with Crippen LogP contribution in [0.5, 0.6) is 0 Å². The van der Waals surface area contributed by atoms with Gasteiger partial charge in [-0.25, -0.2) is 4.98 Å². The molecule has 0 aliphatic carbocycles. The minimum Gasteiger partial charge on any atom is -0.384 e. The first-order valence-corrected chi connectivity index (χ1v) is 4.52. The summed E-state index contributed by atoms with van der Waals surface area (Å²) in [6.07, 6.45) is 3.17. The fraction of sp³-hybridized carbons (Fsp3) is 0.556. The molecule has 1 atom stereocenters. The van der Waals surface area contributed by atoms with E-state index in [0.717, 1.165) is 13.2 Å². The minimum absolute atomic E-state index is 0.425. The van der Waals surface area contributed by atoms with Crippen molar-refractivity contribution in [3.05, 3.63) is 12.4 Å². The Bertz CT molecular complexity index is 279. The molecule has 3 N–H and O–H groups in total. The summed E-state index contributed by atoms with van der Waals surface area (Å²) in [6.45, 7) is 3.62. The van der Waals surface area contributed by atoms with Gasteiger partial charge in [0.15, 0.2) is 0 Å². The van der Waals surface area contributed by atoms with Gasteiger partial charge in [0.05, 0.1) is 19.0 Å². The third-order valence-corrected chi connectivity index (χ3v) is 1.74. The van der Waals surface area contributed by atoms with Gasteiger partial charge in [-0.1, -0.05) is 6.92 Å². The summed E-state index contributed by atoms with van der Waals surface area (Å²) < 4.78 is 5.02. The Balaban J connectivity index is 2.37. The molecule has 5 heteroatoms. The number of nitrogens with two attached hydrogens (primary N) is 1. The Morgan fingerprint density at radius 1 is 1.57 bits per heavy atom. The molecule has 1 unspecified atom stereocenters. The molecular formula is C9H16N4O. The molecule has 0 aliphatic heterocycles. The van der Waals surface area contributed by atoms with Crippen LogP contribution in [0.15, 0.2) is 12.4 Å². The maximum atomic E-state index is 5.49. The van der Waals surface area contributed by atoms with Gasteiger partial charge >= 0.3 is 0 Å². The first kappa shape index (κ1) is 10.7. The van der Waals surface area contributed by atoms with Crippen LogP contribution in [0.4, 0.5) is 11.6 Å². The lowest BCUT2D eigenvalue weighted by atomic mass is 10.2. The summed E-state index contributed by atoms with van der Waals surface area (Å²) >= 11 is 0. The summed E-state index contributed by atoms with van der Waals surface area (Å²) in [5.41, 5.74) is 5.49. The van der Waals surface area contributed by atoms with Crippen molar-refractivity contribution >= 4 is 11.6 Å². The van der Waals surface area contributed by atoms with Crippen LogP contribution < -0.4 is 11.1 Å². The quantitative estimate of drug-likeness (QED) is 0.727. The van der Waals surface area contributed by atoms with Crippen molar-refractivity contribution in [2.45, 2.75) is 6.92 Å². The molecule has 0 amide bonds. The summed E-state index contributed by atoms with van der Waals surface area (Å²) in [6, 6.07) is 0. The summed E-state index contributed by atoms with van der Waals surface area (Å²) in [7, 11) is 1.69. The number of ether oxygens (including phenoxy) is 1. The highest BCUT2D eigenvalue weighted by Gasteiger charge is 2.01. The molecule has 0 fully saturated rings. The van der Waals surface area contributed by atoms with E-state index < -0.39 is 0 Å². The normalized spacial score (nSPS) is 12.4. The van der Waals surface area contributed by atoms with E-state index in [1.165, 1.54) is 6.20 Å². The molecule has 5 nitrogen and oxygen atoms in total. The van der Waals surface area contributed by atoms with Gasteiger partial charge in [0.2, 0.25) is 0 Å². The number of nitrogens with one attached hydrogen (secondary N) is 1. The molecule has 0 saturated carbocycles. The predicted octanol–water partition coefficient (Wildman–Crippen LogP) is 0.753. The number of rotatable bonds is 5. The number of methoxy groups -OCH3 is 1. The van der Waals surface area contributed by atoms with Crippen molar-refractivity contribution in [1.29, 1.82) is 0 Å². The Labute approximate surface area is 83.7 Å². The van der Waals surface area contributed by atoms with Crippen LogP contribution in [0.3, 0.4) is 0 Å². The minimum atomic E-state index is 0.425. The standard InChI is InChI=1S/C9H16N4O/c1-7(6-14-2)3-12-9-5-11-4-8(10)13-9/h4-5,7H,3,6H2,1-2H3,(H3,10,12,13). The van der Waals surface area contributed by atoms with Crippen molar-refractivity contribution in [3.63, 3.8) is 0 Å². The average Bonchev–Trinajstić information content (AvgIpc) is 2.15. The van der Waals surface area contributed by atoms with Crippen molar-refractivity contribution in [3.8, 4) is 0 Å². The van der Waals surface area contributed by atoms with Gasteiger partial charge in [0, 0.05) is 13.7 Å². The van der Waals surface area contributed by atoms with E-state index in [-0.39, 0.29) is 0 Å². The maximum absolute atomic E-state index is 5.49. The third kappa shape index (κ3) is 3.57. The molecule has 0 aliphatic rings. The monoisotopic (exact) mass is 196 g/mol. The van der Waals surface area contributed by atoms with Crippen LogP contribution in [-0.2, 0) is 4.74 Å². The van der Waals surface area contributed by atoms with Gasteiger partial charge in [0.25, 0.3) is 0 Å². The number of nitrogens with zero attached hydrogens (tertiary/aromatic N) is 2. The molecule has 0 aromatic carbocycles. The highest BCUT2D eigenvalue weighted by Crippen LogP contribution is 2.04. The van der Waals surface area contributed by atoms with Crippen LogP contribution in [0.2, 0.25) is 0 Å². The van der Waals surface area contributed by atoms with Crippen molar-refractivity contribution in [2.24, 2.45) is 5.92 Å². The van der Waals surface area contributed by atoms with Crippen LogP contribution in [0, 0.1) is 5.92 Å². The Kier molecular flexibility index (Phi) is 4.12. The van der Waals surface area contributed by atoms with Crippen LogP contribution in [0.1, 0.15) is 6.92 Å². The molecule has 0 bridgehead atoms. The van der Waals surface area contributed by atoms with Crippen molar-refractivity contribution < 1.29 is 4.74 Å². The Hall–Kier alpha value is -1.36. The van der Waals surface area contributed by atoms with E-state index in [0.29, 0.717) is 17.6 Å². The largest absolute Gasteiger partial charge is 0.384 e. The van der Waals surface area contributed by atoms with Crippen LogP contribution in [0.25, 0.3) is 0 Å². The number of anilines is 2. The molecule has 14 heavy (non-hydrogen) atoms. The molecule has 1 aromatic rings. The SMILES string of the molecule is COCC(C)CNc1cncc(N)n1. The van der Waals surface area contributed by atoms with E-state index in [1.807, 2.05) is 0 Å². The van der Waals surface area contributed by atoms with E-state index in [1.54, 1.807) is 13.3 Å². The molecule has 1 heterocycles. The zero-order valence-corrected chi connectivity index (χ0v) is 8.53. The fourth-order valence-electron chi connectivity index (χ4n) is 1.09. The van der Waals surface area contributed by atoms with E-state index >= 15 is 0 Å². The highest BCUT2D eigenvalue weighted by molar-refractivity contribution is 5.38. The maximum Gasteiger partial charge on any atom is 0.146 e. The number of aromatic nitrogens is 2. The lowest BCUT2D eigenvalue weighted by molar-refractivity contribution is 0.164. The van der Waals surface area contributed by atoms with E-state index in [2.05, 4.69) is 22.2 Å². The zero-order chi connectivity index (χ0) is 10.4. The van der Waals surface area contributed by atoms with Gasteiger partial charge in [-0.05, 0) is 5.92 Å². The van der Waals surface area contributed by atoms with Gasteiger partial charge in [-0.15, -0.1) is 0 Å². The lowest BCUT2D eigenvalue weighted by Gasteiger charge is -2.11. The second-order valence-corrected chi connectivity index (χ2v) is 3.27. The smallest absolute Gasteiger partial charge is 0.146 e. The van der Waals surface area contributed by atoms with Gasteiger partial charge in [0.1, 0.15) is 11.6 Å². The zero-order valence-electron chi connectivity index (χ0n) is 8.53. The molecule has 0 spiro atoms. The van der Waals surface area contributed by atoms with Gasteiger partial charge in [-0.3, -0.25) is 4.98 Å². The molecule has 78 valence electrons. The average molecular weight is 196 g/mol. The summed E-state index contributed by atoms with van der Waals surface area (Å²) in [5, 5.41) is 3.14. The van der Waals surface area contributed by atoms with E-state index in [9.17, 15) is 0 Å². The van der Waals surface area contributed by atoms with E-state index in [4.69, 9.17) is 10.5 Å². The topological polar surface area (TPSA) is 73.1 Å². The van der Waals surface area contributed by atoms with Crippen LogP contribution >= 0.6 is 0 Å². The van der Waals surface area contributed by atoms with Gasteiger partial charge in [-0.2, -0.15) is 0 Å². The van der Waals surface area contributed by atoms with Crippen molar-refractivity contribution in [2.75, 3.05) is 31.3 Å². The number of nitrogen functional groups attached to an aromatic ring is 1. The second kappa shape index (κ2) is 5.39. The lowest BCUT2D eigenvalue weighted by Crippen LogP contribution is -2.16. The number of hydrogen-bond donors (Lipinski definition) is 2.